The highest BCUT2D eigenvalue weighted by molar-refractivity contribution is 7.07. The second-order valence-electron chi connectivity index (χ2n) is 6.19. The number of phenolic OH excluding ortho intramolecular Hbond substituents is 2. The van der Waals surface area contributed by atoms with E-state index >= 15 is 0 Å². The summed E-state index contributed by atoms with van der Waals surface area (Å²) in [5.41, 5.74) is 5.27. The lowest BCUT2D eigenvalue weighted by atomic mass is 10.1. The van der Waals surface area contributed by atoms with E-state index in [0.29, 0.717) is 4.80 Å². The van der Waals surface area contributed by atoms with Crippen LogP contribution in [0.5, 0.6) is 11.5 Å². The van der Waals surface area contributed by atoms with E-state index in [0.717, 1.165) is 16.9 Å². The van der Waals surface area contributed by atoms with Crippen LogP contribution in [0.3, 0.4) is 0 Å². The van der Waals surface area contributed by atoms with Gasteiger partial charge in [-0.1, -0.05) is 48.5 Å². The Bertz CT molecular complexity index is 1220. The highest BCUT2D eigenvalue weighted by Crippen LogP contribution is 2.24. The van der Waals surface area contributed by atoms with Gasteiger partial charge in [0.15, 0.2) is 0 Å². The Morgan fingerprint density at radius 3 is 2.34 bits per heavy atom. The predicted octanol–water partition coefficient (Wildman–Crippen LogP) is 3.86. The Hall–Kier alpha value is -3.84. The van der Waals surface area contributed by atoms with Crippen LogP contribution in [0.4, 0.5) is 0 Å². The number of aromatic hydroxyl groups is 2. The summed E-state index contributed by atoms with van der Waals surface area (Å²) in [7, 11) is 0. The Kier molecular flexibility index (Phi) is 5.13. The molecule has 6 nitrogen and oxygen atoms in total. The van der Waals surface area contributed by atoms with Gasteiger partial charge in [-0.2, -0.15) is 0 Å². The normalized spacial score (nSPS) is 11.4. The molecule has 0 radical (unpaired) electrons. The second kappa shape index (κ2) is 8.04. The molecule has 7 heteroatoms. The fourth-order valence-corrected chi connectivity index (χ4v) is 3.76. The molecule has 0 bridgehead atoms. The molecule has 3 N–H and O–H groups in total. The number of nitrogens with zero attached hydrogens (tertiary/aromatic N) is 2. The van der Waals surface area contributed by atoms with E-state index in [1.807, 2.05) is 70.6 Å². The number of benzene rings is 3. The predicted molar refractivity (Wildman–Crippen MR) is 112 cm³/mol. The first-order valence-electron chi connectivity index (χ1n) is 8.81. The maximum Gasteiger partial charge on any atom is 0.275 e. The van der Waals surface area contributed by atoms with Gasteiger partial charge in [-0.25, -0.2) is 5.43 Å². The number of thiazole rings is 1. The maximum absolute atomic E-state index is 12.4. The number of hydrogen-bond acceptors (Lipinski definition) is 5. The number of hydrogen-bond donors (Lipinski definition) is 3. The fraction of sp³-hybridized carbons (Fsp3) is 0. The zero-order valence-electron chi connectivity index (χ0n) is 15.2. The van der Waals surface area contributed by atoms with Gasteiger partial charge in [0, 0.05) is 11.1 Å². The molecule has 0 aliphatic heterocycles. The first-order valence-corrected chi connectivity index (χ1v) is 9.69. The first kappa shape index (κ1) is 18.5. The summed E-state index contributed by atoms with van der Waals surface area (Å²) in [6.45, 7) is 0. The average Bonchev–Trinajstić information content (AvgIpc) is 3.19. The van der Waals surface area contributed by atoms with Crippen LogP contribution in [0.15, 0.2) is 89.3 Å². The minimum Gasteiger partial charge on any atom is -0.508 e. The first-order chi connectivity index (χ1) is 14.1. The van der Waals surface area contributed by atoms with E-state index in [1.165, 1.54) is 29.5 Å². The van der Waals surface area contributed by atoms with E-state index in [2.05, 4.69) is 10.5 Å². The van der Waals surface area contributed by atoms with Crippen molar-refractivity contribution in [3.05, 3.63) is 94.6 Å². The van der Waals surface area contributed by atoms with Crippen LogP contribution in [0.25, 0.3) is 16.9 Å². The molecule has 0 unspecified atom stereocenters. The molecule has 0 saturated carbocycles. The third-order valence-corrected chi connectivity index (χ3v) is 5.10. The highest BCUT2D eigenvalue weighted by atomic mass is 32.1. The number of para-hydroxylation sites is 1. The highest BCUT2D eigenvalue weighted by Gasteiger charge is 2.13. The van der Waals surface area contributed by atoms with E-state index < -0.39 is 5.91 Å². The standard InChI is InChI=1S/C22H17N3O3S/c26-17-11-12-20(27)18(13-17)21(28)23-24-22-25(16-9-5-2-6-10-16)19(14-29-22)15-7-3-1-4-8-15/h1-14,26-27H,(H,23,28)/b24-22+. The van der Waals surface area contributed by atoms with Crippen molar-refractivity contribution in [2.75, 3.05) is 0 Å². The number of phenols is 2. The van der Waals surface area contributed by atoms with Crippen molar-refractivity contribution in [2.45, 2.75) is 0 Å². The Balaban J connectivity index is 1.77. The van der Waals surface area contributed by atoms with Gasteiger partial charge in [-0.15, -0.1) is 16.4 Å². The van der Waals surface area contributed by atoms with Gasteiger partial charge in [0.05, 0.1) is 11.3 Å². The fourth-order valence-electron chi connectivity index (χ4n) is 2.89. The zero-order valence-corrected chi connectivity index (χ0v) is 16.0. The molecule has 4 rings (SSSR count). The summed E-state index contributed by atoms with van der Waals surface area (Å²) in [6.07, 6.45) is 0. The molecule has 4 aromatic rings. The van der Waals surface area contributed by atoms with Gasteiger partial charge in [0.1, 0.15) is 11.5 Å². The molecule has 0 atom stereocenters. The molecule has 0 saturated heterocycles. The SMILES string of the molecule is O=C(N/N=c1/scc(-c2ccccc2)n1-c1ccccc1)c1cc(O)ccc1O. The summed E-state index contributed by atoms with van der Waals surface area (Å²) in [4.78, 5) is 13.0. The van der Waals surface area contributed by atoms with Crippen molar-refractivity contribution >= 4 is 17.2 Å². The number of carbonyl (C=O) groups is 1. The zero-order chi connectivity index (χ0) is 20.2. The van der Waals surface area contributed by atoms with Crippen LogP contribution in [0, 0.1) is 0 Å². The summed E-state index contributed by atoms with van der Waals surface area (Å²) in [5, 5.41) is 25.7. The van der Waals surface area contributed by atoms with Gasteiger partial charge in [-0.05, 0) is 35.9 Å². The maximum atomic E-state index is 12.4. The molecule has 0 aliphatic carbocycles. The third kappa shape index (κ3) is 3.90. The molecule has 0 fully saturated rings. The largest absolute Gasteiger partial charge is 0.508 e. The Morgan fingerprint density at radius 2 is 1.62 bits per heavy atom. The molecule has 1 amide bonds. The molecular formula is C22H17N3O3S. The summed E-state index contributed by atoms with van der Waals surface area (Å²) >= 11 is 1.38. The summed E-state index contributed by atoms with van der Waals surface area (Å²) < 4.78 is 1.95. The second-order valence-corrected chi connectivity index (χ2v) is 7.03. The molecular weight excluding hydrogens is 386 g/mol. The van der Waals surface area contributed by atoms with Gasteiger partial charge >= 0.3 is 0 Å². The van der Waals surface area contributed by atoms with Crippen LogP contribution in [0.1, 0.15) is 10.4 Å². The number of amides is 1. The monoisotopic (exact) mass is 403 g/mol. The topological polar surface area (TPSA) is 86.9 Å². The van der Waals surface area contributed by atoms with Crippen molar-refractivity contribution in [2.24, 2.45) is 5.10 Å². The van der Waals surface area contributed by atoms with Crippen molar-refractivity contribution in [1.29, 1.82) is 0 Å². The number of nitrogens with one attached hydrogen (secondary N) is 1. The van der Waals surface area contributed by atoms with Crippen molar-refractivity contribution < 1.29 is 15.0 Å². The number of aromatic nitrogens is 1. The van der Waals surface area contributed by atoms with Crippen molar-refractivity contribution in [3.8, 4) is 28.4 Å². The molecule has 1 aromatic heterocycles. The molecule has 3 aromatic carbocycles. The quantitative estimate of drug-likeness (QED) is 0.357. The lowest BCUT2D eigenvalue weighted by Gasteiger charge is -2.09. The Labute approximate surface area is 170 Å². The van der Waals surface area contributed by atoms with Crippen LogP contribution in [-0.2, 0) is 0 Å². The van der Waals surface area contributed by atoms with Gasteiger partial charge in [-0.3, -0.25) is 9.36 Å². The molecule has 0 spiro atoms. The lowest BCUT2D eigenvalue weighted by molar-refractivity contribution is 0.0950. The van der Waals surface area contributed by atoms with Crippen LogP contribution >= 0.6 is 11.3 Å². The van der Waals surface area contributed by atoms with E-state index in [1.54, 1.807) is 0 Å². The van der Waals surface area contributed by atoms with Crippen molar-refractivity contribution in [3.63, 3.8) is 0 Å². The van der Waals surface area contributed by atoms with Gasteiger partial charge in [0.25, 0.3) is 5.91 Å². The molecule has 29 heavy (non-hydrogen) atoms. The van der Waals surface area contributed by atoms with E-state index in [4.69, 9.17) is 0 Å². The number of carbonyl (C=O) groups excluding carboxylic acids is 1. The summed E-state index contributed by atoms with van der Waals surface area (Å²) in [5.74, 6) is -0.968. The van der Waals surface area contributed by atoms with E-state index in [9.17, 15) is 15.0 Å². The van der Waals surface area contributed by atoms with Gasteiger partial charge in [0.2, 0.25) is 4.80 Å². The molecule has 0 aliphatic rings. The molecule has 1 heterocycles. The van der Waals surface area contributed by atoms with Crippen LogP contribution in [0.2, 0.25) is 0 Å². The lowest BCUT2D eigenvalue weighted by Crippen LogP contribution is -2.24. The summed E-state index contributed by atoms with van der Waals surface area (Å²) in [6, 6.07) is 23.4. The molecule has 144 valence electrons. The van der Waals surface area contributed by atoms with E-state index in [-0.39, 0.29) is 17.1 Å². The van der Waals surface area contributed by atoms with Gasteiger partial charge < -0.3 is 10.2 Å². The number of rotatable bonds is 4. The van der Waals surface area contributed by atoms with Crippen LogP contribution < -0.4 is 10.2 Å². The minimum atomic E-state index is -0.618. The van der Waals surface area contributed by atoms with Crippen molar-refractivity contribution in [1.82, 2.24) is 9.99 Å². The smallest absolute Gasteiger partial charge is 0.275 e. The average molecular weight is 403 g/mol. The Morgan fingerprint density at radius 1 is 0.931 bits per heavy atom. The third-order valence-electron chi connectivity index (χ3n) is 4.27. The van der Waals surface area contributed by atoms with Crippen LogP contribution in [-0.4, -0.2) is 20.7 Å². The minimum absolute atomic E-state index is 0.0557.